The molecule has 0 radical (unpaired) electrons. The average molecular weight is 516 g/mol. The van der Waals surface area contributed by atoms with Crippen molar-refractivity contribution in [1.29, 1.82) is 0 Å². The van der Waals surface area contributed by atoms with Gasteiger partial charge in [-0.3, -0.25) is 9.59 Å². The lowest BCUT2D eigenvalue weighted by Crippen LogP contribution is -2.31. The molecule has 0 aliphatic rings. The quantitative estimate of drug-likeness (QED) is 0.286. The summed E-state index contributed by atoms with van der Waals surface area (Å²) in [4.78, 5) is 30.1. The van der Waals surface area contributed by atoms with E-state index in [0.717, 1.165) is 16.8 Å². The number of nitrogens with zero attached hydrogens (tertiary/aromatic N) is 2. The predicted molar refractivity (Wildman–Crippen MR) is 147 cm³/mol. The molecule has 1 N–H and O–H groups in total. The van der Waals surface area contributed by atoms with Crippen LogP contribution in [0.2, 0.25) is 5.02 Å². The second kappa shape index (κ2) is 11.7. The molecule has 0 atom stereocenters. The molecule has 0 aromatic heterocycles. The van der Waals surface area contributed by atoms with E-state index in [-0.39, 0.29) is 18.4 Å². The average Bonchev–Trinajstić information content (AvgIpc) is 2.89. The Balaban J connectivity index is 1.66. The van der Waals surface area contributed by atoms with Crippen molar-refractivity contribution >= 4 is 34.8 Å². The van der Waals surface area contributed by atoms with Gasteiger partial charge in [0, 0.05) is 44.1 Å². The molecule has 0 unspecified atom stereocenters. The number of anilines is 2. The monoisotopic (exact) mass is 515 g/mol. The highest BCUT2D eigenvalue weighted by Crippen LogP contribution is 2.27. The van der Waals surface area contributed by atoms with Crippen molar-refractivity contribution in [2.24, 2.45) is 0 Å². The Morgan fingerprint density at radius 1 is 0.838 bits per heavy atom. The summed E-state index contributed by atoms with van der Waals surface area (Å²) in [6.07, 6.45) is 0. The van der Waals surface area contributed by atoms with Crippen LogP contribution in [-0.2, 0) is 13.1 Å². The van der Waals surface area contributed by atoms with Gasteiger partial charge < -0.3 is 15.1 Å². The van der Waals surface area contributed by atoms with Crippen LogP contribution in [0.4, 0.5) is 15.8 Å². The van der Waals surface area contributed by atoms with E-state index in [1.54, 1.807) is 29.2 Å². The van der Waals surface area contributed by atoms with Crippen LogP contribution in [0.5, 0.6) is 0 Å². The molecule has 37 heavy (non-hydrogen) atoms. The van der Waals surface area contributed by atoms with E-state index in [0.29, 0.717) is 28.4 Å². The fourth-order valence-corrected chi connectivity index (χ4v) is 4.28. The standard InChI is InChI=1S/C30H27ClFN3O2/c1-34(2)28-17-16-25(33-29(36)26-10-6-7-11-27(26)31)18-23(28)20-35(19-21-8-4-3-5-9-21)30(37)22-12-14-24(32)15-13-22/h3-18H,19-20H2,1-2H3,(H,33,36). The smallest absolute Gasteiger partial charge is 0.257 e. The summed E-state index contributed by atoms with van der Waals surface area (Å²) in [6, 6.07) is 27.7. The Hall–Kier alpha value is -4.16. The normalized spacial score (nSPS) is 10.6. The third kappa shape index (κ3) is 6.54. The molecule has 4 aromatic carbocycles. The maximum Gasteiger partial charge on any atom is 0.257 e. The third-order valence-electron chi connectivity index (χ3n) is 5.89. The summed E-state index contributed by atoms with van der Waals surface area (Å²) < 4.78 is 13.5. The molecular weight excluding hydrogens is 489 g/mol. The molecular formula is C30H27ClFN3O2. The van der Waals surface area contributed by atoms with Gasteiger partial charge in [-0.25, -0.2) is 4.39 Å². The van der Waals surface area contributed by atoms with E-state index < -0.39 is 5.82 Å². The zero-order valence-electron chi connectivity index (χ0n) is 20.6. The van der Waals surface area contributed by atoms with Crippen molar-refractivity contribution in [2.45, 2.75) is 13.1 Å². The molecule has 0 spiro atoms. The summed E-state index contributed by atoms with van der Waals surface area (Å²) in [6.45, 7) is 0.633. The Morgan fingerprint density at radius 2 is 1.51 bits per heavy atom. The van der Waals surface area contributed by atoms with Crippen molar-refractivity contribution in [2.75, 3.05) is 24.3 Å². The molecule has 2 amide bonds. The van der Waals surface area contributed by atoms with Crippen LogP contribution in [0, 0.1) is 5.82 Å². The topological polar surface area (TPSA) is 52.7 Å². The molecule has 0 aliphatic carbocycles. The second-order valence-corrected chi connectivity index (χ2v) is 9.23. The summed E-state index contributed by atoms with van der Waals surface area (Å²) in [5.74, 6) is -0.945. The first-order valence-corrected chi connectivity index (χ1v) is 12.1. The largest absolute Gasteiger partial charge is 0.377 e. The summed E-state index contributed by atoms with van der Waals surface area (Å²) in [7, 11) is 3.84. The molecule has 5 nitrogen and oxygen atoms in total. The summed E-state index contributed by atoms with van der Waals surface area (Å²) in [5.41, 5.74) is 4.06. The number of rotatable bonds is 8. The van der Waals surface area contributed by atoms with Gasteiger partial charge in [-0.05, 0) is 65.7 Å². The highest BCUT2D eigenvalue weighted by molar-refractivity contribution is 6.34. The minimum Gasteiger partial charge on any atom is -0.377 e. The Kier molecular flexibility index (Phi) is 8.21. The van der Waals surface area contributed by atoms with E-state index in [2.05, 4.69) is 5.32 Å². The molecule has 4 aromatic rings. The zero-order valence-corrected chi connectivity index (χ0v) is 21.4. The second-order valence-electron chi connectivity index (χ2n) is 8.83. The lowest BCUT2D eigenvalue weighted by molar-refractivity contribution is 0.0730. The maximum absolute atomic E-state index is 13.5. The van der Waals surface area contributed by atoms with Gasteiger partial charge in [0.05, 0.1) is 10.6 Å². The molecule has 0 bridgehead atoms. The van der Waals surface area contributed by atoms with Crippen LogP contribution in [-0.4, -0.2) is 30.8 Å². The predicted octanol–water partition coefficient (Wildman–Crippen LogP) is 6.64. The third-order valence-corrected chi connectivity index (χ3v) is 6.22. The van der Waals surface area contributed by atoms with Crippen LogP contribution in [0.3, 0.4) is 0 Å². The highest BCUT2D eigenvalue weighted by Gasteiger charge is 2.20. The number of hydrogen-bond acceptors (Lipinski definition) is 3. The van der Waals surface area contributed by atoms with Crippen LogP contribution in [0.1, 0.15) is 31.8 Å². The fourth-order valence-electron chi connectivity index (χ4n) is 4.05. The first kappa shape index (κ1) is 25.9. The number of carbonyl (C=O) groups excluding carboxylic acids is 2. The molecule has 0 fully saturated rings. The SMILES string of the molecule is CN(C)c1ccc(NC(=O)c2ccccc2Cl)cc1CN(Cc1ccccc1)C(=O)c1ccc(F)cc1. The molecule has 0 saturated carbocycles. The molecule has 188 valence electrons. The van der Waals surface area contributed by atoms with Gasteiger partial charge in [0.1, 0.15) is 5.82 Å². The van der Waals surface area contributed by atoms with Crippen LogP contribution in [0.25, 0.3) is 0 Å². The Morgan fingerprint density at radius 3 is 2.19 bits per heavy atom. The van der Waals surface area contributed by atoms with Gasteiger partial charge >= 0.3 is 0 Å². The van der Waals surface area contributed by atoms with Crippen molar-refractivity contribution in [3.63, 3.8) is 0 Å². The zero-order chi connectivity index (χ0) is 26.4. The van der Waals surface area contributed by atoms with Gasteiger partial charge in [0.2, 0.25) is 0 Å². The number of nitrogens with one attached hydrogen (secondary N) is 1. The number of hydrogen-bond donors (Lipinski definition) is 1. The number of halogens is 2. The Labute approximate surface area is 221 Å². The first-order chi connectivity index (χ1) is 17.8. The molecule has 4 rings (SSSR count). The van der Waals surface area contributed by atoms with Crippen molar-refractivity contribution in [3.05, 3.63) is 130 Å². The van der Waals surface area contributed by atoms with Crippen molar-refractivity contribution in [3.8, 4) is 0 Å². The number of benzene rings is 4. The minimum atomic E-state index is -0.400. The first-order valence-electron chi connectivity index (χ1n) is 11.8. The fraction of sp³-hybridized carbons (Fsp3) is 0.133. The highest BCUT2D eigenvalue weighted by atomic mass is 35.5. The van der Waals surface area contributed by atoms with Crippen molar-refractivity contribution < 1.29 is 14.0 Å². The van der Waals surface area contributed by atoms with Crippen molar-refractivity contribution in [1.82, 2.24) is 4.90 Å². The van der Waals surface area contributed by atoms with Crippen LogP contribution in [0.15, 0.2) is 97.1 Å². The lowest BCUT2D eigenvalue weighted by Gasteiger charge is -2.26. The van der Waals surface area contributed by atoms with Gasteiger partial charge in [-0.15, -0.1) is 0 Å². The maximum atomic E-state index is 13.5. The van der Waals surface area contributed by atoms with E-state index in [1.807, 2.05) is 67.5 Å². The lowest BCUT2D eigenvalue weighted by atomic mass is 10.1. The van der Waals surface area contributed by atoms with Gasteiger partial charge in [0.25, 0.3) is 11.8 Å². The summed E-state index contributed by atoms with van der Waals surface area (Å²) in [5, 5.41) is 3.27. The molecule has 0 heterocycles. The van der Waals surface area contributed by atoms with Gasteiger partial charge in [-0.1, -0.05) is 54.1 Å². The van der Waals surface area contributed by atoms with Crippen LogP contribution >= 0.6 is 11.6 Å². The number of carbonyl (C=O) groups is 2. The van der Waals surface area contributed by atoms with E-state index in [4.69, 9.17) is 11.6 Å². The number of amides is 2. The summed E-state index contributed by atoms with van der Waals surface area (Å²) >= 11 is 6.20. The van der Waals surface area contributed by atoms with Gasteiger partial charge in [0.15, 0.2) is 0 Å². The molecule has 7 heteroatoms. The van der Waals surface area contributed by atoms with E-state index >= 15 is 0 Å². The minimum absolute atomic E-state index is 0.223. The van der Waals surface area contributed by atoms with Crippen LogP contribution < -0.4 is 10.2 Å². The molecule has 0 aliphatic heterocycles. The van der Waals surface area contributed by atoms with Gasteiger partial charge in [-0.2, -0.15) is 0 Å². The van der Waals surface area contributed by atoms with E-state index in [1.165, 1.54) is 24.3 Å². The molecule has 0 saturated heterocycles. The van der Waals surface area contributed by atoms with E-state index in [9.17, 15) is 14.0 Å². The Bertz CT molecular complexity index is 1390.